The Bertz CT molecular complexity index is 1060. The van der Waals surface area contributed by atoms with E-state index in [9.17, 15) is 14.0 Å². The van der Waals surface area contributed by atoms with Crippen molar-refractivity contribution in [1.82, 2.24) is 5.32 Å². The number of fused-ring (bicyclic) bond motifs is 1. The third kappa shape index (κ3) is 5.13. The first kappa shape index (κ1) is 20.4. The van der Waals surface area contributed by atoms with Crippen molar-refractivity contribution < 1.29 is 23.1 Å². The predicted molar refractivity (Wildman–Crippen MR) is 107 cm³/mol. The SMILES string of the molecule is CC(C)[C@H](C)NC(=O)COc1ccc2c(=O)c(Oc3ccc(F)cc3)coc2c1. The van der Waals surface area contributed by atoms with E-state index in [0.29, 0.717) is 28.4 Å². The van der Waals surface area contributed by atoms with Crippen molar-refractivity contribution in [3.63, 3.8) is 0 Å². The zero-order valence-corrected chi connectivity index (χ0v) is 16.4. The molecule has 0 bridgehead atoms. The summed E-state index contributed by atoms with van der Waals surface area (Å²) in [6.45, 7) is 5.83. The average Bonchev–Trinajstić information content (AvgIpc) is 2.70. The Labute approximate surface area is 167 Å². The van der Waals surface area contributed by atoms with E-state index in [0.717, 1.165) is 0 Å². The molecular weight excluding hydrogens is 377 g/mol. The van der Waals surface area contributed by atoms with Gasteiger partial charge >= 0.3 is 0 Å². The van der Waals surface area contributed by atoms with Gasteiger partial charge in [0.2, 0.25) is 11.2 Å². The fourth-order valence-corrected chi connectivity index (χ4v) is 2.49. The van der Waals surface area contributed by atoms with E-state index < -0.39 is 5.82 Å². The maximum atomic E-state index is 13.0. The lowest BCUT2D eigenvalue weighted by Gasteiger charge is -2.17. The summed E-state index contributed by atoms with van der Waals surface area (Å²) in [7, 11) is 0. The van der Waals surface area contributed by atoms with Crippen LogP contribution in [0.1, 0.15) is 20.8 Å². The van der Waals surface area contributed by atoms with Crippen LogP contribution >= 0.6 is 0 Å². The van der Waals surface area contributed by atoms with Gasteiger partial charge in [-0.25, -0.2) is 4.39 Å². The van der Waals surface area contributed by atoms with Crippen LogP contribution in [0.3, 0.4) is 0 Å². The first-order valence-electron chi connectivity index (χ1n) is 9.24. The lowest BCUT2D eigenvalue weighted by Crippen LogP contribution is -2.38. The van der Waals surface area contributed by atoms with E-state index in [2.05, 4.69) is 5.32 Å². The smallest absolute Gasteiger partial charge is 0.258 e. The van der Waals surface area contributed by atoms with E-state index in [4.69, 9.17) is 13.9 Å². The summed E-state index contributed by atoms with van der Waals surface area (Å²) < 4.78 is 29.4. The Hall–Kier alpha value is -3.35. The molecular formula is C22H22FNO5. The second-order valence-electron chi connectivity index (χ2n) is 7.03. The molecule has 0 spiro atoms. The van der Waals surface area contributed by atoms with Crippen molar-refractivity contribution in [2.24, 2.45) is 5.92 Å². The number of halogens is 1. The van der Waals surface area contributed by atoms with Crippen LogP contribution in [0.2, 0.25) is 0 Å². The molecule has 152 valence electrons. The van der Waals surface area contributed by atoms with Crippen LogP contribution < -0.4 is 20.2 Å². The van der Waals surface area contributed by atoms with Gasteiger partial charge in [-0.15, -0.1) is 0 Å². The largest absolute Gasteiger partial charge is 0.484 e. The van der Waals surface area contributed by atoms with Crippen molar-refractivity contribution in [2.45, 2.75) is 26.8 Å². The van der Waals surface area contributed by atoms with Crippen molar-refractivity contribution in [2.75, 3.05) is 6.61 Å². The molecule has 1 atom stereocenters. The third-order valence-electron chi connectivity index (χ3n) is 4.51. The fourth-order valence-electron chi connectivity index (χ4n) is 2.49. The van der Waals surface area contributed by atoms with Gasteiger partial charge in [0, 0.05) is 12.1 Å². The van der Waals surface area contributed by atoms with Gasteiger partial charge < -0.3 is 19.2 Å². The normalized spacial score (nSPS) is 12.0. The first-order valence-corrected chi connectivity index (χ1v) is 9.24. The van der Waals surface area contributed by atoms with Crippen LogP contribution in [0.25, 0.3) is 11.0 Å². The van der Waals surface area contributed by atoms with Crippen molar-refractivity contribution in [3.05, 3.63) is 64.8 Å². The lowest BCUT2D eigenvalue weighted by molar-refractivity contribution is -0.124. The molecule has 0 radical (unpaired) electrons. The van der Waals surface area contributed by atoms with Crippen LogP contribution in [-0.4, -0.2) is 18.6 Å². The van der Waals surface area contributed by atoms with Crippen LogP contribution in [0.5, 0.6) is 17.2 Å². The van der Waals surface area contributed by atoms with Gasteiger partial charge in [0.05, 0.1) is 5.39 Å². The molecule has 0 aliphatic heterocycles. The summed E-state index contributed by atoms with van der Waals surface area (Å²) >= 11 is 0. The van der Waals surface area contributed by atoms with Crippen LogP contribution in [-0.2, 0) is 4.79 Å². The van der Waals surface area contributed by atoms with Crippen LogP contribution in [0, 0.1) is 11.7 Å². The minimum atomic E-state index is -0.400. The molecule has 7 heteroatoms. The molecule has 0 unspecified atom stereocenters. The van der Waals surface area contributed by atoms with Gasteiger partial charge in [-0.3, -0.25) is 9.59 Å². The molecule has 29 heavy (non-hydrogen) atoms. The Morgan fingerprint density at radius 3 is 2.48 bits per heavy atom. The molecule has 2 aromatic carbocycles. The molecule has 3 rings (SSSR count). The maximum absolute atomic E-state index is 13.0. The molecule has 1 aromatic heterocycles. The highest BCUT2D eigenvalue weighted by atomic mass is 19.1. The second kappa shape index (κ2) is 8.77. The fraction of sp³-hybridized carbons (Fsp3) is 0.273. The van der Waals surface area contributed by atoms with E-state index in [1.807, 2.05) is 20.8 Å². The van der Waals surface area contributed by atoms with Gasteiger partial charge in [0.25, 0.3) is 5.91 Å². The predicted octanol–water partition coefficient (Wildman–Crippen LogP) is 4.26. The number of carbonyl (C=O) groups is 1. The molecule has 1 amide bonds. The summed E-state index contributed by atoms with van der Waals surface area (Å²) in [6.07, 6.45) is 1.19. The van der Waals surface area contributed by atoms with E-state index in [-0.39, 0.29) is 29.7 Å². The number of carbonyl (C=O) groups excluding carboxylic acids is 1. The molecule has 3 aromatic rings. The minimum Gasteiger partial charge on any atom is -0.484 e. The Morgan fingerprint density at radius 2 is 1.79 bits per heavy atom. The number of hydrogen-bond acceptors (Lipinski definition) is 5. The summed E-state index contributed by atoms with van der Waals surface area (Å²) in [5.74, 6) is 0.401. The first-order chi connectivity index (χ1) is 13.8. The molecule has 1 N–H and O–H groups in total. The van der Waals surface area contributed by atoms with Crippen molar-refractivity contribution >= 4 is 16.9 Å². The highest BCUT2D eigenvalue weighted by molar-refractivity contribution is 5.80. The summed E-state index contributed by atoms with van der Waals surface area (Å²) in [5, 5.41) is 3.15. The Balaban J connectivity index is 1.71. The van der Waals surface area contributed by atoms with Gasteiger partial charge in [0.15, 0.2) is 6.61 Å². The van der Waals surface area contributed by atoms with Crippen molar-refractivity contribution in [3.8, 4) is 17.2 Å². The number of hydrogen-bond donors (Lipinski definition) is 1. The highest BCUT2D eigenvalue weighted by Crippen LogP contribution is 2.24. The summed E-state index contributed by atoms with van der Waals surface area (Å²) in [5.41, 5.74) is -0.0689. The lowest BCUT2D eigenvalue weighted by atomic mass is 10.1. The average molecular weight is 399 g/mol. The topological polar surface area (TPSA) is 77.8 Å². The monoisotopic (exact) mass is 399 g/mol. The van der Waals surface area contributed by atoms with Gasteiger partial charge in [0.1, 0.15) is 29.2 Å². The number of ether oxygens (including phenoxy) is 2. The van der Waals surface area contributed by atoms with Crippen LogP contribution in [0.4, 0.5) is 4.39 Å². The Kier molecular flexibility index (Phi) is 6.16. The van der Waals surface area contributed by atoms with Crippen molar-refractivity contribution in [1.29, 1.82) is 0 Å². The van der Waals surface area contributed by atoms with Crippen LogP contribution in [0.15, 0.2) is 57.9 Å². The molecule has 0 saturated heterocycles. The Morgan fingerprint density at radius 1 is 1.10 bits per heavy atom. The van der Waals surface area contributed by atoms with E-state index >= 15 is 0 Å². The van der Waals surface area contributed by atoms with Gasteiger partial charge in [-0.1, -0.05) is 13.8 Å². The van der Waals surface area contributed by atoms with E-state index in [1.165, 1.54) is 36.6 Å². The molecule has 0 saturated carbocycles. The number of rotatable bonds is 7. The quantitative estimate of drug-likeness (QED) is 0.642. The standard InChI is InChI=1S/C22H22FNO5/c1-13(2)14(3)24-21(25)12-27-17-8-9-18-19(10-17)28-11-20(22(18)26)29-16-6-4-15(23)5-7-16/h4-11,13-14H,12H2,1-3H3,(H,24,25)/t14-/m0/s1. The maximum Gasteiger partial charge on any atom is 0.258 e. The highest BCUT2D eigenvalue weighted by Gasteiger charge is 2.13. The number of benzene rings is 2. The summed E-state index contributed by atoms with van der Waals surface area (Å²) in [4.78, 5) is 24.5. The van der Waals surface area contributed by atoms with Gasteiger partial charge in [-0.05, 0) is 49.2 Å². The molecule has 0 fully saturated rings. The molecule has 6 nitrogen and oxygen atoms in total. The molecule has 0 aliphatic rings. The van der Waals surface area contributed by atoms with Gasteiger partial charge in [-0.2, -0.15) is 0 Å². The summed E-state index contributed by atoms with van der Waals surface area (Å²) in [6, 6.07) is 10.0. The molecule has 0 aliphatic carbocycles. The zero-order valence-electron chi connectivity index (χ0n) is 16.4. The molecule has 1 heterocycles. The zero-order chi connectivity index (χ0) is 21.0. The van der Waals surface area contributed by atoms with E-state index in [1.54, 1.807) is 12.1 Å². The number of amides is 1. The second-order valence-corrected chi connectivity index (χ2v) is 7.03. The third-order valence-corrected chi connectivity index (χ3v) is 4.51. The number of nitrogens with one attached hydrogen (secondary N) is 1. The minimum absolute atomic E-state index is 0.0140.